The molecule has 1 aromatic rings. The molecule has 16 heavy (non-hydrogen) atoms. The second-order valence-corrected chi connectivity index (χ2v) is 4.73. The van der Waals surface area contributed by atoms with Crippen molar-refractivity contribution >= 4 is 10.1 Å². The molecule has 1 rings (SSSR count). The number of rotatable bonds is 4. The third-order valence-electron chi connectivity index (χ3n) is 2.02. The van der Waals surface area contributed by atoms with E-state index < -0.39 is 40.4 Å². The van der Waals surface area contributed by atoms with E-state index in [2.05, 4.69) is 0 Å². The van der Waals surface area contributed by atoms with Gasteiger partial charge in [-0.1, -0.05) is 6.07 Å². The number of aromatic hydroxyl groups is 2. The van der Waals surface area contributed by atoms with Gasteiger partial charge in [0.15, 0.2) is 11.5 Å². The van der Waals surface area contributed by atoms with Gasteiger partial charge >= 0.3 is 0 Å². The quantitative estimate of drug-likeness (QED) is 0.450. The van der Waals surface area contributed by atoms with Crippen LogP contribution in [0.15, 0.2) is 18.2 Å². The maximum atomic E-state index is 11.2. The van der Waals surface area contributed by atoms with E-state index in [0.717, 1.165) is 18.2 Å². The minimum Gasteiger partial charge on any atom is -0.504 e. The van der Waals surface area contributed by atoms with E-state index in [1.54, 1.807) is 0 Å². The lowest BCUT2D eigenvalue weighted by atomic mass is 10.1. The topological polar surface area (TPSA) is 107 Å². The van der Waals surface area contributed by atoms with Crippen LogP contribution in [0.3, 0.4) is 0 Å². The normalized spacial score (nSPS) is 17.2. The van der Waals surface area contributed by atoms with Crippen molar-refractivity contribution in [2.24, 2.45) is 0 Å². The number of hydrogen-bond acceptors (Lipinski definition) is 5. The molecule has 0 heterocycles. The molecule has 0 aliphatic carbocycles. The number of likely N-dealkylation sites (N-methyl/N-ethyl adjacent to an activating group) is 1. The SMILES string of the molecule is [2H]C([2H])([2H])NCC(c1ccc(O)c(O)c1)S(=O)(=O)O. The lowest BCUT2D eigenvalue weighted by Gasteiger charge is -2.14. The second-order valence-electron chi connectivity index (χ2n) is 3.13. The summed E-state index contributed by atoms with van der Waals surface area (Å²) < 4.78 is 52.3. The molecule has 0 amide bonds. The van der Waals surface area contributed by atoms with E-state index in [9.17, 15) is 13.5 Å². The smallest absolute Gasteiger partial charge is 0.273 e. The Labute approximate surface area is 97.5 Å². The zero-order valence-electron chi connectivity index (χ0n) is 11.1. The van der Waals surface area contributed by atoms with Gasteiger partial charge in [-0.05, 0) is 24.7 Å². The summed E-state index contributed by atoms with van der Waals surface area (Å²) in [4.78, 5) is 0. The van der Waals surface area contributed by atoms with Crippen molar-refractivity contribution in [3.63, 3.8) is 0 Å². The first kappa shape index (κ1) is 8.80. The third-order valence-corrected chi connectivity index (χ3v) is 3.18. The summed E-state index contributed by atoms with van der Waals surface area (Å²) in [5, 5.41) is 18.8. The highest BCUT2D eigenvalue weighted by molar-refractivity contribution is 7.86. The third kappa shape index (κ3) is 2.84. The minimum atomic E-state index is -4.58. The van der Waals surface area contributed by atoms with Crippen LogP contribution in [0.2, 0.25) is 0 Å². The van der Waals surface area contributed by atoms with Gasteiger partial charge in [-0.15, -0.1) is 0 Å². The number of nitrogens with one attached hydrogen (secondary N) is 1. The Morgan fingerprint density at radius 2 is 2.12 bits per heavy atom. The van der Waals surface area contributed by atoms with Gasteiger partial charge in [0.1, 0.15) is 5.25 Å². The van der Waals surface area contributed by atoms with E-state index >= 15 is 0 Å². The van der Waals surface area contributed by atoms with Gasteiger partial charge < -0.3 is 15.5 Å². The number of benzene rings is 1. The molecule has 6 nitrogen and oxygen atoms in total. The summed E-state index contributed by atoms with van der Waals surface area (Å²) in [6.45, 7) is -3.14. The van der Waals surface area contributed by atoms with E-state index in [1.165, 1.54) is 0 Å². The van der Waals surface area contributed by atoms with Crippen LogP contribution in [-0.4, -0.2) is 36.7 Å². The molecule has 0 aliphatic heterocycles. The van der Waals surface area contributed by atoms with Crippen molar-refractivity contribution in [2.45, 2.75) is 5.25 Å². The van der Waals surface area contributed by atoms with Gasteiger partial charge in [0.05, 0.1) is 0 Å². The van der Waals surface area contributed by atoms with Crippen LogP contribution in [0.25, 0.3) is 0 Å². The van der Waals surface area contributed by atoms with Crippen LogP contribution in [0.5, 0.6) is 11.5 Å². The van der Waals surface area contributed by atoms with Gasteiger partial charge in [0.25, 0.3) is 10.1 Å². The van der Waals surface area contributed by atoms with Crippen molar-refractivity contribution < 1.29 is 27.3 Å². The van der Waals surface area contributed by atoms with Gasteiger partial charge in [0, 0.05) is 10.7 Å². The molecular weight excluding hydrogens is 234 g/mol. The van der Waals surface area contributed by atoms with Crippen LogP contribution >= 0.6 is 0 Å². The fraction of sp³-hybridized carbons (Fsp3) is 0.333. The van der Waals surface area contributed by atoms with Crippen LogP contribution < -0.4 is 5.32 Å². The first-order valence-corrected chi connectivity index (χ1v) is 5.74. The van der Waals surface area contributed by atoms with Crippen molar-refractivity contribution in [1.29, 1.82) is 0 Å². The Bertz CT molecular complexity index is 557. The van der Waals surface area contributed by atoms with Crippen LogP contribution in [0.4, 0.5) is 0 Å². The summed E-state index contributed by atoms with van der Waals surface area (Å²) in [6.07, 6.45) is 0. The molecule has 0 saturated heterocycles. The molecule has 0 aromatic heterocycles. The molecular formula is C9H13NO5S. The predicted octanol–water partition coefficient (Wildman–Crippen LogP) is 0.246. The monoisotopic (exact) mass is 250 g/mol. The van der Waals surface area contributed by atoms with E-state index in [4.69, 9.17) is 13.8 Å². The molecule has 1 unspecified atom stereocenters. The lowest BCUT2D eigenvalue weighted by molar-refractivity contribution is 0.402. The Morgan fingerprint density at radius 3 is 2.62 bits per heavy atom. The first-order chi connectivity index (χ1) is 8.50. The highest BCUT2D eigenvalue weighted by atomic mass is 32.2. The maximum absolute atomic E-state index is 11.2. The average molecular weight is 250 g/mol. The van der Waals surface area contributed by atoms with Gasteiger partial charge in [0.2, 0.25) is 0 Å². The zero-order valence-corrected chi connectivity index (χ0v) is 8.90. The van der Waals surface area contributed by atoms with Crippen molar-refractivity contribution in [3.05, 3.63) is 23.8 Å². The van der Waals surface area contributed by atoms with Crippen LogP contribution in [0.1, 0.15) is 14.9 Å². The summed E-state index contributed by atoms with van der Waals surface area (Å²) >= 11 is 0. The molecule has 0 radical (unpaired) electrons. The largest absolute Gasteiger partial charge is 0.504 e. The molecule has 7 heteroatoms. The van der Waals surface area contributed by atoms with Gasteiger partial charge in [-0.3, -0.25) is 4.55 Å². The molecule has 0 bridgehead atoms. The fourth-order valence-electron chi connectivity index (χ4n) is 1.23. The fourth-order valence-corrected chi connectivity index (χ4v) is 2.01. The molecule has 1 atom stereocenters. The molecule has 4 N–H and O–H groups in total. The second kappa shape index (κ2) is 4.69. The summed E-state index contributed by atoms with van der Waals surface area (Å²) in [5.41, 5.74) is -0.0467. The number of hydrogen-bond donors (Lipinski definition) is 4. The van der Waals surface area contributed by atoms with E-state index in [-0.39, 0.29) is 5.56 Å². The highest BCUT2D eigenvalue weighted by Gasteiger charge is 2.25. The maximum Gasteiger partial charge on any atom is 0.273 e. The zero-order chi connectivity index (χ0) is 14.8. The van der Waals surface area contributed by atoms with Crippen LogP contribution in [0, 0.1) is 0 Å². The Hall–Kier alpha value is -1.31. The molecule has 0 fully saturated rings. The molecule has 90 valence electrons. The number of phenolic OH excluding ortho intramolecular Hbond substituents is 2. The summed E-state index contributed by atoms with van der Waals surface area (Å²) in [7, 11) is -4.58. The molecule has 0 spiro atoms. The summed E-state index contributed by atoms with van der Waals surface area (Å²) in [5.74, 6) is -1.03. The minimum absolute atomic E-state index is 0.0467. The lowest BCUT2D eigenvalue weighted by Crippen LogP contribution is -2.24. The molecule has 1 aromatic carbocycles. The standard InChI is InChI=1S/C9H13NO5S/c1-10-5-9(16(13,14)15)6-2-3-7(11)8(12)4-6/h2-4,9-12H,5H2,1H3,(H,13,14,15)/i1D3. The van der Waals surface area contributed by atoms with E-state index in [1.807, 2.05) is 5.32 Å². The van der Waals surface area contributed by atoms with Gasteiger partial charge in [-0.2, -0.15) is 8.42 Å². The Balaban J connectivity index is 3.07. The first-order valence-electron chi connectivity index (χ1n) is 5.74. The van der Waals surface area contributed by atoms with Gasteiger partial charge in [-0.25, -0.2) is 0 Å². The Kier molecular flexibility index (Phi) is 2.58. The molecule has 0 saturated carbocycles. The average Bonchev–Trinajstić information content (AvgIpc) is 2.19. The Morgan fingerprint density at radius 1 is 1.44 bits per heavy atom. The molecule has 0 aliphatic rings. The summed E-state index contributed by atoms with van der Waals surface area (Å²) in [6, 6.07) is 3.14. The predicted molar refractivity (Wildman–Crippen MR) is 58.0 cm³/mol. The van der Waals surface area contributed by atoms with Crippen molar-refractivity contribution in [3.8, 4) is 11.5 Å². The van der Waals surface area contributed by atoms with Crippen molar-refractivity contribution in [2.75, 3.05) is 13.5 Å². The van der Waals surface area contributed by atoms with E-state index in [0.29, 0.717) is 0 Å². The highest BCUT2D eigenvalue weighted by Crippen LogP contribution is 2.30. The van der Waals surface area contributed by atoms with Crippen LogP contribution in [-0.2, 0) is 10.1 Å². The number of phenols is 2. The van der Waals surface area contributed by atoms with Crippen molar-refractivity contribution in [1.82, 2.24) is 5.32 Å².